The fourth-order valence-electron chi connectivity index (χ4n) is 0.623. The molecule has 7 heteroatoms. The Hall–Kier alpha value is -1.92. The van der Waals surface area contributed by atoms with Crippen molar-refractivity contribution >= 4 is 17.5 Å². The maximum absolute atomic E-state index is 10.4. The van der Waals surface area contributed by atoms with E-state index < -0.39 is 5.97 Å². The van der Waals surface area contributed by atoms with Crippen LogP contribution in [0, 0.1) is 0 Å². The van der Waals surface area contributed by atoms with Gasteiger partial charge in [-0.2, -0.15) is 0 Å². The summed E-state index contributed by atoms with van der Waals surface area (Å²) in [5, 5.41) is 10.2. The zero-order valence-corrected chi connectivity index (χ0v) is 7.14. The first-order chi connectivity index (χ1) is 6.11. The number of nitrogen functional groups attached to an aromatic ring is 1. The molecule has 0 fully saturated rings. The molecule has 1 rings (SSSR count). The van der Waals surface area contributed by atoms with Crippen LogP contribution in [0.5, 0.6) is 0 Å². The highest BCUT2D eigenvalue weighted by Crippen LogP contribution is 2.05. The summed E-state index contributed by atoms with van der Waals surface area (Å²) in [5.41, 5.74) is 5.95. The minimum Gasteiger partial charge on any atom is -0.379 e. The molecule has 13 heavy (non-hydrogen) atoms. The van der Waals surface area contributed by atoms with Gasteiger partial charge in [-0.1, -0.05) is 5.16 Å². The molecule has 1 aromatic heterocycles. The lowest BCUT2D eigenvalue weighted by atomic mass is 10.3. The van der Waals surface area contributed by atoms with Gasteiger partial charge in [0, 0.05) is 6.92 Å². The van der Waals surface area contributed by atoms with Gasteiger partial charge in [0.25, 0.3) is 0 Å². The molecule has 0 aromatic carbocycles. The van der Waals surface area contributed by atoms with Crippen LogP contribution in [-0.4, -0.2) is 22.0 Å². The Kier molecular flexibility index (Phi) is 2.58. The number of hydrogen-bond acceptors (Lipinski definition) is 7. The first-order valence-corrected chi connectivity index (χ1v) is 3.42. The first-order valence-electron chi connectivity index (χ1n) is 3.42. The Morgan fingerprint density at radius 2 is 2.23 bits per heavy atom. The van der Waals surface area contributed by atoms with Crippen LogP contribution < -0.4 is 5.73 Å². The zero-order valence-electron chi connectivity index (χ0n) is 7.14. The van der Waals surface area contributed by atoms with E-state index in [0.29, 0.717) is 5.71 Å². The van der Waals surface area contributed by atoms with Crippen molar-refractivity contribution in [2.45, 2.75) is 13.8 Å². The van der Waals surface area contributed by atoms with Crippen LogP contribution in [0.2, 0.25) is 0 Å². The van der Waals surface area contributed by atoms with Crippen molar-refractivity contribution in [1.82, 2.24) is 10.3 Å². The van der Waals surface area contributed by atoms with Crippen LogP contribution >= 0.6 is 0 Å². The van der Waals surface area contributed by atoms with Crippen LogP contribution in [0.3, 0.4) is 0 Å². The predicted octanol–water partition coefficient (Wildman–Crippen LogP) is -0.0611. The second-order valence-corrected chi connectivity index (χ2v) is 2.26. The number of carbonyl (C=O) groups excluding carboxylic acids is 1. The third-order valence-corrected chi connectivity index (χ3v) is 1.17. The molecule has 70 valence electrons. The van der Waals surface area contributed by atoms with E-state index in [4.69, 9.17) is 5.73 Å². The van der Waals surface area contributed by atoms with Gasteiger partial charge in [-0.25, -0.2) is 9.42 Å². The summed E-state index contributed by atoms with van der Waals surface area (Å²) in [6, 6.07) is 0. The summed E-state index contributed by atoms with van der Waals surface area (Å²) < 4.78 is 4.33. The van der Waals surface area contributed by atoms with Crippen LogP contribution in [0.15, 0.2) is 9.78 Å². The second kappa shape index (κ2) is 3.65. The lowest BCUT2D eigenvalue weighted by Crippen LogP contribution is -2.03. The van der Waals surface area contributed by atoms with Crippen molar-refractivity contribution in [3.8, 4) is 0 Å². The Morgan fingerprint density at radius 1 is 1.54 bits per heavy atom. The van der Waals surface area contributed by atoms with Gasteiger partial charge in [-0.05, 0) is 17.2 Å². The molecule has 2 N–H and O–H groups in total. The Balaban J connectivity index is 2.78. The van der Waals surface area contributed by atoms with Crippen LogP contribution in [0.1, 0.15) is 19.5 Å². The maximum Gasteiger partial charge on any atom is 0.331 e. The van der Waals surface area contributed by atoms with Crippen molar-refractivity contribution in [1.29, 1.82) is 0 Å². The van der Waals surface area contributed by atoms with Gasteiger partial charge in [0.05, 0.1) is 0 Å². The molecular weight excluding hydrogens is 176 g/mol. The summed E-state index contributed by atoms with van der Waals surface area (Å²) in [6.07, 6.45) is 0. The summed E-state index contributed by atoms with van der Waals surface area (Å²) in [7, 11) is 0. The summed E-state index contributed by atoms with van der Waals surface area (Å²) in [5.74, 6) is -0.414. The number of rotatable bonds is 2. The van der Waals surface area contributed by atoms with E-state index in [2.05, 4.69) is 24.9 Å². The maximum atomic E-state index is 10.4. The van der Waals surface area contributed by atoms with Gasteiger partial charge < -0.3 is 10.6 Å². The number of hydrogen-bond donors (Lipinski definition) is 1. The van der Waals surface area contributed by atoms with Crippen LogP contribution in [0.4, 0.5) is 5.82 Å². The summed E-state index contributed by atoms with van der Waals surface area (Å²) in [4.78, 5) is 14.7. The minimum absolute atomic E-state index is 0.105. The van der Waals surface area contributed by atoms with Gasteiger partial charge in [-0.3, -0.25) is 0 Å². The average molecular weight is 184 g/mol. The van der Waals surface area contributed by atoms with Crippen LogP contribution in [-0.2, 0) is 9.63 Å². The lowest BCUT2D eigenvalue weighted by Gasteiger charge is -1.93. The second-order valence-electron chi connectivity index (χ2n) is 2.26. The molecule has 0 unspecified atom stereocenters. The molecule has 0 saturated heterocycles. The molecule has 0 radical (unpaired) electrons. The van der Waals surface area contributed by atoms with E-state index >= 15 is 0 Å². The van der Waals surface area contributed by atoms with Gasteiger partial charge in [0.2, 0.25) is 0 Å². The molecule has 0 aliphatic rings. The predicted molar refractivity (Wildman–Crippen MR) is 42.7 cm³/mol. The Bertz CT molecular complexity index is 343. The van der Waals surface area contributed by atoms with Crippen molar-refractivity contribution in [3.63, 3.8) is 0 Å². The monoisotopic (exact) mass is 184 g/mol. The third kappa shape index (κ3) is 2.26. The highest BCUT2D eigenvalue weighted by Gasteiger charge is 2.10. The molecular formula is C6H8N4O3. The third-order valence-electron chi connectivity index (χ3n) is 1.17. The van der Waals surface area contributed by atoms with Gasteiger partial charge in [0.1, 0.15) is 5.71 Å². The Morgan fingerprint density at radius 3 is 2.69 bits per heavy atom. The number of anilines is 1. The number of nitrogens with two attached hydrogens (primary N) is 1. The normalized spacial score (nSPS) is 11.4. The van der Waals surface area contributed by atoms with E-state index in [1.165, 1.54) is 6.92 Å². The van der Waals surface area contributed by atoms with Crippen molar-refractivity contribution in [2.24, 2.45) is 5.16 Å². The highest BCUT2D eigenvalue weighted by atomic mass is 16.7. The molecule has 0 aliphatic heterocycles. The molecule has 7 nitrogen and oxygen atoms in total. The smallest absolute Gasteiger partial charge is 0.331 e. The van der Waals surface area contributed by atoms with Crippen molar-refractivity contribution in [2.75, 3.05) is 5.73 Å². The number of oxime groups is 1. The largest absolute Gasteiger partial charge is 0.379 e. The molecule has 1 heterocycles. The fourth-order valence-corrected chi connectivity index (χ4v) is 0.623. The van der Waals surface area contributed by atoms with Gasteiger partial charge >= 0.3 is 5.97 Å². The van der Waals surface area contributed by atoms with E-state index in [1.807, 2.05) is 0 Å². The summed E-state index contributed by atoms with van der Waals surface area (Å²) in [6.45, 7) is 2.81. The van der Waals surface area contributed by atoms with E-state index in [9.17, 15) is 4.79 Å². The van der Waals surface area contributed by atoms with E-state index in [-0.39, 0.29) is 11.5 Å². The SMILES string of the molecule is CC(=O)ON=C(C)c1nonc1N. The fraction of sp³-hybridized carbons (Fsp3) is 0.333. The molecule has 0 saturated carbocycles. The molecule has 1 aromatic rings. The molecule has 0 amide bonds. The number of aromatic nitrogens is 2. The highest BCUT2D eigenvalue weighted by molar-refractivity contribution is 6.00. The Labute approximate surface area is 73.5 Å². The van der Waals surface area contributed by atoms with Gasteiger partial charge in [0.15, 0.2) is 11.5 Å². The molecule has 0 spiro atoms. The summed E-state index contributed by atoms with van der Waals surface area (Å²) >= 11 is 0. The standard InChI is InChI=1S/C6H8N4O3/c1-3(8-12-4(2)11)5-6(7)10-13-9-5/h1-2H3,(H2,7,10). The number of carbonyl (C=O) groups is 1. The lowest BCUT2D eigenvalue weighted by molar-refractivity contribution is -0.140. The van der Waals surface area contributed by atoms with E-state index in [0.717, 1.165) is 0 Å². The number of nitrogens with zero attached hydrogens (tertiary/aromatic N) is 3. The molecule has 0 aliphatic carbocycles. The van der Waals surface area contributed by atoms with Gasteiger partial charge in [-0.15, -0.1) is 0 Å². The first kappa shape index (κ1) is 9.17. The molecule has 0 bridgehead atoms. The minimum atomic E-state index is -0.519. The quantitative estimate of drug-likeness (QED) is 0.392. The average Bonchev–Trinajstić information content (AvgIpc) is 2.47. The van der Waals surface area contributed by atoms with Crippen molar-refractivity contribution in [3.05, 3.63) is 5.69 Å². The van der Waals surface area contributed by atoms with E-state index in [1.54, 1.807) is 6.92 Å². The molecule has 0 atom stereocenters. The van der Waals surface area contributed by atoms with Crippen molar-refractivity contribution < 1.29 is 14.3 Å². The topological polar surface area (TPSA) is 104 Å². The zero-order chi connectivity index (χ0) is 9.84. The van der Waals surface area contributed by atoms with Crippen LogP contribution in [0.25, 0.3) is 0 Å².